The summed E-state index contributed by atoms with van der Waals surface area (Å²) >= 11 is 0. The quantitative estimate of drug-likeness (QED) is 0.621. The van der Waals surface area contributed by atoms with Crippen LogP contribution in [0.1, 0.15) is 20.3 Å². The van der Waals surface area contributed by atoms with Gasteiger partial charge in [-0.25, -0.2) is 4.79 Å². The molecule has 0 aliphatic carbocycles. The van der Waals surface area contributed by atoms with Crippen molar-refractivity contribution in [2.75, 3.05) is 27.4 Å². The van der Waals surface area contributed by atoms with E-state index in [1.807, 2.05) is 0 Å². The number of rotatable bonds is 8. The molecule has 7 nitrogen and oxygen atoms in total. The molecule has 19 heavy (non-hydrogen) atoms. The van der Waals surface area contributed by atoms with E-state index in [4.69, 9.17) is 4.74 Å². The average Bonchev–Trinajstić information content (AvgIpc) is 2.41. The van der Waals surface area contributed by atoms with Crippen LogP contribution in [-0.4, -0.2) is 51.3 Å². The fourth-order valence-electron chi connectivity index (χ4n) is 1.43. The first-order valence-corrected chi connectivity index (χ1v) is 5.97. The van der Waals surface area contributed by atoms with Gasteiger partial charge >= 0.3 is 11.9 Å². The molecule has 2 atom stereocenters. The summed E-state index contributed by atoms with van der Waals surface area (Å²) in [5.41, 5.74) is 0. The molecule has 0 unspecified atom stereocenters. The van der Waals surface area contributed by atoms with Gasteiger partial charge in [-0.05, 0) is 12.8 Å². The number of ether oxygens (including phenoxy) is 3. The second-order valence-electron chi connectivity index (χ2n) is 3.96. The Bertz CT molecular complexity index is 317. The molecule has 0 radical (unpaired) electrons. The number of esters is 2. The Hall–Kier alpha value is -1.63. The SMILES string of the molecule is CCOCC(=O)N[C@@H](C(=O)OC)[C@H](C)CC(=O)OC. The van der Waals surface area contributed by atoms with Crippen molar-refractivity contribution in [2.45, 2.75) is 26.3 Å². The fourth-order valence-corrected chi connectivity index (χ4v) is 1.43. The summed E-state index contributed by atoms with van der Waals surface area (Å²) in [6.45, 7) is 3.66. The summed E-state index contributed by atoms with van der Waals surface area (Å²) in [5, 5.41) is 2.49. The van der Waals surface area contributed by atoms with Gasteiger partial charge in [-0.1, -0.05) is 6.92 Å². The van der Waals surface area contributed by atoms with Crippen molar-refractivity contribution >= 4 is 17.8 Å². The standard InChI is InChI=1S/C12H21NO6/c1-5-19-7-9(14)13-11(12(16)18-4)8(2)6-10(15)17-3/h8,11H,5-7H2,1-4H3,(H,13,14)/t8-,11-/m1/s1. The molecule has 0 aromatic rings. The van der Waals surface area contributed by atoms with E-state index < -0.39 is 29.8 Å². The molecular formula is C12H21NO6. The maximum atomic E-state index is 11.6. The summed E-state index contributed by atoms with van der Waals surface area (Å²) in [6.07, 6.45) is 0.00514. The highest BCUT2D eigenvalue weighted by molar-refractivity contribution is 5.85. The van der Waals surface area contributed by atoms with Crippen LogP contribution < -0.4 is 5.32 Å². The van der Waals surface area contributed by atoms with Crippen LogP contribution in [0.3, 0.4) is 0 Å². The summed E-state index contributed by atoms with van der Waals surface area (Å²) in [5.74, 6) is -1.94. The minimum atomic E-state index is -0.906. The van der Waals surface area contributed by atoms with Crippen LogP contribution in [0.15, 0.2) is 0 Å². The van der Waals surface area contributed by atoms with Gasteiger partial charge in [0, 0.05) is 6.61 Å². The van der Waals surface area contributed by atoms with Crippen molar-refractivity contribution in [3.8, 4) is 0 Å². The van der Waals surface area contributed by atoms with Crippen LogP contribution in [0.5, 0.6) is 0 Å². The Labute approximate surface area is 112 Å². The van der Waals surface area contributed by atoms with Gasteiger partial charge in [0.2, 0.25) is 5.91 Å². The predicted molar refractivity (Wildman–Crippen MR) is 66.2 cm³/mol. The molecule has 0 rings (SSSR count). The van der Waals surface area contributed by atoms with Gasteiger partial charge in [0.15, 0.2) is 0 Å². The first kappa shape index (κ1) is 17.4. The van der Waals surface area contributed by atoms with E-state index in [1.165, 1.54) is 14.2 Å². The zero-order valence-corrected chi connectivity index (χ0v) is 11.7. The lowest BCUT2D eigenvalue weighted by molar-refractivity contribution is -0.149. The lowest BCUT2D eigenvalue weighted by atomic mass is 9.98. The normalized spacial score (nSPS) is 13.3. The topological polar surface area (TPSA) is 90.9 Å². The van der Waals surface area contributed by atoms with Gasteiger partial charge in [0.1, 0.15) is 12.6 Å². The van der Waals surface area contributed by atoms with Crippen LogP contribution in [0.2, 0.25) is 0 Å². The van der Waals surface area contributed by atoms with Crippen LogP contribution in [0.25, 0.3) is 0 Å². The van der Waals surface area contributed by atoms with E-state index in [2.05, 4.69) is 14.8 Å². The summed E-state index contributed by atoms with van der Waals surface area (Å²) in [7, 11) is 2.48. The smallest absolute Gasteiger partial charge is 0.328 e. The van der Waals surface area contributed by atoms with Gasteiger partial charge in [-0.2, -0.15) is 0 Å². The fraction of sp³-hybridized carbons (Fsp3) is 0.750. The number of methoxy groups -OCH3 is 2. The van der Waals surface area contributed by atoms with Gasteiger partial charge in [-0.15, -0.1) is 0 Å². The van der Waals surface area contributed by atoms with Gasteiger partial charge in [0.25, 0.3) is 0 Å². The Kier molecular flexibility index (Phi) is 8.52. The molecule has 0 spiro atoms. The Balaban J connectivity index is 4.58. The van der Waals surface area contributed by atoms with Crippen LogP contribution in [-0.2, 0) is 28.6 Å². The number of carbonyl (C=O) groups excluding carboxylic acids is 3. The minimum Gasteiger partial charge on any atom is -0.469 e. The summed E-state index contributed by atoms with van der Waals surface area (Å²) in [4.78, 5) is 34.3. The van der Waals surface area contributed by atoms with E-state index in [1.54, 1.807) is 13.8 Å². The first-order valence-electron chi connectivity index (χ1n) is 5.97. The van der Waals surface area contributed by atoms with Gasteiger partial charge < -0.3 is 19.5 Å². The molecule has 7 heteroatoms. The van der Waals surface area contributed by atoms with E-state index in [0.29, 0.717) is 6.61 Å². The van der Waals surface area contributed by atoms with Crippen molar-refractivity contribution in [3.63, 3.8) is 0 Å². The monoisotopic (exact) mass is 275 g/mol. The third-order valence-electron chi connectivity index (χ3n) is 2.49. The molecule has 1 N–H and O–H groups in total. The van der Waals surface area contributed by atoms with Gasteiger partial charge in [0.05, 0.1) is 20.6 Å². The Morgan fingerprint density at radius 2 is 1.79 bits per heavy atom. The number of hydrogen-bond acceptors (Lipinski definition) is 6. The Morgan fingerprint density at radius 3 is 2.26 bits per heavy atom. The van der Waals surface area contributed by atoms with Crippen molar-refractivity contribution in [1.29, 1.82) is 0 Å². The van der Waals surface area contributed by atoms with E-state index in [-0.39, 0.29) is 13.0 Å². The lowest BCUT2D eigenvalue weighted by Crippen LogP contribution is -2.47. The van der Waals surface area contributed by atoms with E-state index >= 15 is 0 Å². The molecule has 0 saturated heterocycles. The maximum absolute atomic E-state index is 11.6. The average molecular weight is 275 g/mol. The molecule has 0 saturated carbocycles. The van der Waals surface area contributed by atoms with Crippen molar-refractivity contribution in [3.05, 3.63) is 0 Å². The minimum absolute atomic E-state index is 0.00514. The third kappa shape index (κ3) is 6.76. The number of carbonyl (C=O) groups is 3. The van der Waals surface area contributed by atoms with Crippen molar-refractivity contribution < 1.29 is 28.6 Å². The van der Waals surface area contributed by atoms with Crippen LogP contribution in [0.4, 0.5) is 0 Å². The molecule has 0 aromatic carbocycles. The predicted octanol–water partition coefficient (Wildman–Crippen LogP) is -0.120. The highest BCUT2D eigenvalue weighted by atomic mass is 16.5. The van der Waals surface area contributed by atoms with E-state index in [0.717, 1.165) is 0 Å². The highest BCUT2D eigenvalue weighted by Gasteiger charge is 2.29. The molecule has 0 aliphatic rings. The zero-order valence-electron chi connectivity index (χ0n) is 11.7. The molecule has 110 valence electrons. The molecule has 0 fully saturated rings. The summed E-state index contributed by atoms with van der Waals surface area (Å²) < 4.78 is 14.1. The first-order chi connectivity index (χ1) is 8.96. The van der Waals surface area contributed by atoms with Gasteiger partial charge in [-0.3, -0.25) is 9.59 Å². The number of nitrogens with one attached hydrogen (secondary N) is 1. The lowest BCUT2D eigenvalue weighted by Gasteiger charge is -2.22. The highest BCUT2D eigenvalue weighted by Crippen LogP contribution is 2.11. The van der Waals surface area contributed by atoms with E-state index in [9.17, 15) is 14.4 Å². The van der Waals surface area contributed by atoms with Crippen LogP contribution in [0, 0.1) is 5.92 Å². The molecule has 0 bridgehead atoms. The number of hydrogen-bond donors (Lipinski definition) is 1. The second-order valence-corrected chi connectivity index (χ2v) is 3.96. The van der Waals surface area contributed by atoms with Crippen LogP contribution >= 0.6 is 0 Å². The third-order valence-corrected chi connectivity index (χ3v) is 2.49. The van der Waals surface area contributed by atoms with Crippen molar-refractivity contribution in [2.24, 2.45) is 5.92 Å². The zero-order chi connectivity index (χ0) is 14.8. The maximum Gasteiger partial charge on any atom is 0.328 e. The largest absolute Gasteiger partial charge is 0.469 e. The molecule has 0 heterocycles. The molecule has 0 aromatic heterocycles. The second kappa shape index (κ2) is 9.32. The molecular weight excluding hydrogens is 254 g/mol. The summed E-state index contributed by atoms with van der Waals surface area (Å²) in [6, 6.07) is -0.906. The van der Waals surface area contributed by atoms with Crippen molar-refractivity contribution in [1.82, 2.24) is 5.32 Å². The Morgan fingerprint density at radius 1 is 1.16 bits per heavy atom. The molecule has 0 aliphatic heterocycles. The molecule has 1 amide bonds. The number of amides is 1.